The Morgan fingerprint density at radius 3 is 2.69 bits per heavy atom. The van der Waals surface area contributed by atoms with Crippen molar-refractivity contribution in [1.82, 2.24) is 24.4 Å². The average Bonchev–Trinajstić information content (AvgIpc) is 3.10. The highest BCUT2D eigenvalue weighted by Gasteiger charge is 2.33. The van der Waals surface area contributed by atoms with Crippen LogP contribution in [0.15, 0.2) is 24.5 Å². The van der Waals surface area contributed by atoms with Crippen LogP contribution in [0, 0.1) is 12.8 Å². The van der Waals surface area contributed by atoms with Crippen LogP contribution in [0.25, 0.3) is 11.2 Å². The molecule has 190 valence electrons. The maximum absolute atomic E-state index is 13.6. The molecule has 3 aliphatic heterocycles. The van der Waals surface area contributed by atoms with Crippen LogP contribution in [-0.2, 0) is 17.8 Å². The van der Waals surface area contributed by atoms with Gasteiger partial charge in [-0.3, -0.25) is 4.79 Å². The molecule has 1 atom stereocenters. The van der Waals surface area contributed by atoms with E-state index in [1.165, 1.54) is 30.5 Å². The number of aromatic nitrogens is 4. The van der Waals surface area contributed by atoms with Gasteiger partial charge in [-0.2, -0.15) is 0 Å². The molecule has 1 amide bonds. The molecular weight excluding hydrogens is 474 g/mol. The zero-order valence-corrected chi connectivity index (χ0v) is 21.8. The van der Waals surface area contributed by atoms with E-state index in [-0.39, 0.29) is 11.8 Å². The van der Waals surface area contributed by atoms with Crippen LogP contribution >= 0.6 is 11.6 Å². The second-order valence-corrected chi connectivity index (χ2v) is 10.8. The number of rotatable bonds is 3. The lowest BCUT2D eigenvalue weighted by Gasteiger charge is -2.40. The maximum Gasteiger partial charge on any atom is 0.227 e. The molecule has 5 heterocycles. The third kappa shape index (κ3) is 4.40. The number of imidazole rings is 1. The van der Waals surface area contributed by atoms with Crippen LogP contribution in [0.5, 0.6) is 0 Å². The predicted octanol–water partition coefficient (Wildman–Crippen LogP) is 4.08. The Kier molecular flexibility index (Phi) is 6.46. The summed E-state index contributed by atoms with van der Waals surface area (Å²) < 4.78 is 2.28. The van der Waals surface area contributed by atoms with Gasteiger partial charge in [0, 0.05) is 62.9 Å². The van der Waals surface area contributed by atoms with Crippen LogP contribution in [0.1, 0.15) is 43.5 Å². The lowest BCUT2D eigenvalue weighted by Crippen LogP contribution is -2.52. The van der Waals surface area contributed by atoms with Crippen molar-refractivity contribution >= 4 is 40.2 Å². The molecule has 0 spiro atoms. The number of carbonyl (C=O) groups is 1. The van der Waals surface area contributed by atoms with Crippen LogP contribution in [0.2, 0.25) is 5.02 Å². The van der Waals surface area contributed by atoms with E-state index in [1.54, 1.807) is 6.33 Å². The van der Waals surface area contributed by atoms with Crippen molar-refractivity contribution in [2.75, 3.05) is 49.1 Å². The highest BCUT2D eigenvalue weighted by molar-refractivity contribution is 6.30. The van der Waals surface area contributed by atoms with Crippen molar-refractivity contribution in [3.05, 3.63) is 40.9 Å². The minimum atomic E-state index is -0.0105. The van der Waals surface area contributed by atoms with Gasteiger partial charge in [-0.15, -0.1) is 0 Å². The fourth-order valence-corrected chi connectivity index (χ4v) is 6.24. The minimum Gasteiger partial charge on any atom is -0.368 e. The molecule has 8 nitrogen and oxygen atoms in total. The van der Waals surface area contributed by atoms with E-state index in [9.17, 15) is 4.79 Å². The minimum absolute atomic E-state index is 0.0105. The largest absolute Gasteiger partial charge is 0.368 e. The van der Waals surface area contributed by atoms with Crippen LogP contribution < -0.4 is 9.80 Å². The lowest BCUT2D eigenvalue weighted by molar-refractivity contribution is -0.136. The van der Waals surface area contributed by atoms with Crippen molar-refractivity contribution in [3.63, 3.8) is 0 Å². The Labute approximate surface area is 217 Å². The van der Waals surface area contributed by atoms with Gasteiger partial charge in [0.25, 0.3) is 0 Å². The highest BCUT2D eigenvalue weighted by atomic mass is 35.5. The van der Waals surface area contributed by atoms with Gasteiger partial charge in [-0.05, 0) is 50.3 Å². The summed E-state index contributed by atoms with van der Waals surface area (Å²) in [5.74, 6) is 2.28. The summed E-state index contributed by atoms with van der Waals surface area (Å²) in [7, 11) is 0. The fraction of sp³-hybridized carbons (Fsp3) is 0.556. The van der Waals surface area contributed by atoms with E-state index < -0.39 is 0 Å². The number of hydrogen-bond acceptors (Lipinski definition) is 6. The molecule has 3 aromatic rings. The number of piperazine rings is 1. The summed E-state index contributed by atoms with van der Waals surface area (Å²) in [6.07, 6.45) is 8.16. The number of piperidine rings is 1. The van der Waals surface area contributed by atoms with Gasteiger partial charge in [-0.25, -0.2) is 15.0 Å². The number of halogens is 1. The van der Waals surface area contributed by atoms with E-state index >= 15 is 0 Å². The van der Waals surface area contributed by atoms with Crippen LogP contribution in [0.4, 0.5) is 11.5 Å². The van der Waals surface area contributed by atoms with Crippen molar-refractivity contribution in [1.29, 1.82) is 0 Å². The first-order valence-electron chi connectivity index (χ1n) is 13.3. The van der Waals surface area contributed by atoms with Gasteiger partial charge >= 0.3 is 0 Å². The normalized spacial score (nSPS) is 20.9. The highest BCUT2D eigenvalue weighted by Crippen LogP contribution is 2.31. The first kappa shape index (κ1) is 23.5. The molecule has 0 radical (unpaired) electrons. The van der Waals surface area contributed by atoms with Crippen LogP contribution in [0.3, 0.4) is 0 Å². The number of aryl methyl sites for hydroxylation is 3. The smallest absolute Gasteiger partial charge is 0.227 e. The number of fused-ring (bicyclic) bond motifs is 3. The summed E-state index contributed by atoms with van der Waals surface area (Å²) in [5.41, 5.74) is 4.23. The predicted molar refractivity (Wildman–Crippen MR) is 143 cm³/mol. The second kappa shape index (κ2) is 9.88. The van der Waals surface area contributed by atoms with Gasteiger partial charge in [0.1, 0.15) is 12.2 Å². The molecule has 3 aliphatic rings. The number of anilines is 2. The van der Waals surface area contributed by atoms with Crippen molar-refractivity contribution < 1.29 is 4.79 Å². The molecule has 2 aromatic heterocycles. The molecule has 1 aromatic carbocycles. The van der Waals surface area contributed by atoms with Crippen molar-refractivity contribution in [2.45, 2.75) is 52.0 Å². The SMILES string of the molecule is Cc1ccc(Cl)cc1N1CCN(C(=O)[C@H]2CCCN(c3ncnc4c3nc3n4CCCCC3)C2)CC1. The Hall–Kier alpha value is -2.87. The summed E-state index contributed by atoms with van der Waals surface area (Å²) in [5, 5.41) is 0.754. The number of nitrogens with zero attached hydrogens (tertiary/aromatic N) is 7. The first-order valence-corrected chi connectivity index (χ1v) is 13.7. The third-order valence-corrected chi connectivity index (χ3v) is 8.28. The summed E-state index contributed by atoms with van der Waals surface area (Å²) in [4.78, 5) is 34.5. The molecule has 2 saturated heterocycles. The number of carbonyl (C=O) groups excluding carboxylic acids is 1. The van der Waals surface area contributed by atoms with E-state index in [0.717, 1.165) is 86.4 Å². The standard InChI is InChI=1S/C27H34ClN7O/c1-19-8-9-21(28)16-22(19)32-12-14-33(15-13-32)27(36)20-6-5-10-34(17-20)25-24-26(30-18-29-25)35-11-4-2-3-7-23(35)31-24/h8-9,16,18,20H,2-7,10-15,17H2,1H3/t20-/m0/s1. The van der Waals surface area contributed by atoms with Crippen molar-refractivity contribution in [2.24, 2.45) is 5.92 Å². The van der Waals surface area contributed by atoms with Gasteiger partial charge in [0.2, 0.25) is 5.91 Å². The topological polar surface area (TPSA) is 70.4 Å². The summed E-state index contributed by atoms with van der Waals surface area (Å²) in [6, 6.07) is 6.03. The first-order chi connectivity index (χ1) is 17.6. The van der Waals surface area contributed by atoms with Gasteiger partial charge in [0.15, 0.2) is 17.0 Å². The molecule has 0 unspecified atom stereocenters. The molecule has 36 heavy (non-hydrogen) atoms. The lowest BCUT2D eigenvalue weighted by atomic mass is 9.96. The third-order valence-electron chi connectivity index (χ3n) is 8.05. The number of benzene rings is 1. The molecule has 0 saturated carbocycles. The van der Waals surface area contributed by atoms with E-state index in [1.807, 2.05) is 12.1 Å². The average molecular weight is 508 g/mol. The maximum atomic E-state index is 13.6. The Bertz CT molecular complexity index is 1270. The zero-order chi connectivity index (χ0) is 24.6. The van der Waals surface area contributed by atoms with Crippen molar-refractivity contribution in [3.8, 4) is 0 Å². The van der Waals surface area contributed by atoms with Gasteiger partial charge in [0.05, 0.1) is 5.92 Å². The van der Waals surface area contributed by atoms with Gasteiger partial charge in [-0.1, -0.05) is 24.1 Å². The molecule has 0 bridgehead atoms. The molecule has 0 N–H and O–H groups in total. The molecule has 9 heteroatoms. The Balaban J connectivity index is 1.15. The zero-order valence-electron chi connectivity index (χ0n) is 21.0. The number of hydrogen-bond donors (Lipinski definition) is 0. The molecule has 2 fully saturated rings. The Morgan fingerprint density at radius 2 is 1.83 bits per heavy atom. The quantitative estimate of drug-likeness (QED) is 0.532. The van der Waals surface area contributed by atoms with Gasteiger partial charge < -0.3 is 19.3 Å². The molecule has 0 aliphatic carbocycles. The summed E-state index contributed by atoms with van der Waals surface area (Å²) in [6.45, 7) is 7.83. The number of amides is 1. The van der Waals surface area contributed by atoms with Crippen LogP contribution in [-0.4, -0.2) is 69.6 Å². The van der Waals surface area contributed by atoms with E-state index in [4.69, 9.17) is 16.6 Å². The fourth-order valence-electron chi connectivity index (χ4n) is 6.08. The monoisotopic (exact) mass is 507 g/mol. The molecular formula is C27H34ClN7O. The summed E-state index contributed by atoms with van der Waals surface area (Å²) >= 11 is 6.24. The molecule has 6 rings (SSSR count). The van der Waals surface area contributed by atoms with E-state index in [0.29, 0.717) is 6.54 Å². The second-order valence-electron chi connectivity index (χ2n) is 10.4. The Morgan fingerprint density at radius 1 is 0.972 bits per heavy atom. The van der Waals surface area contributed by atoms with E-state index in [2.05, 4.69) is 42.2 Å².